The Labute approximate surface area is 126 Å². The standard InChI is InChI=1S/C11H9BrN4OS2/c1-4-14-11(19-16-4)18-8-3-7-5(2-6(8)12)9(13)10(17)15-7/h2-3,9H,13H2,1H3,(H,15,17). The van der Waals surface area contributed by atoms with Crippen LogP contribution in [0.25, 0.3) is 0 Å². The summed E-state index contributed by atoms with van der Waals surface area (Å²) in [6.07, 6.45) is 0. The fourth-order valence-electron chi connectivity index (χ4n) is 1.78. The lowest BCUT2D eigenvalue weighted by atomic mass is 10.1. The Hall–Kier alpha value is -0.960. The normalized spacial score (nSPS) is 17.4. The minimum Gasteiger partial charge on any atom is -0.324 e. The number of aromatic nitrogens is 2. The van der Waals surface area contributed by atoms with Crippen LogP contribution in [0.1, 0.15) is 17.4 Å². The highest BCUT2D eigenvalue weighted by Gasteiger charge is 2.28. The van der Waals surface area contributed by atoms with Gasteiger partial charge in [-0.25, -0.2) is 4.98 Å². The molecule has 8 heteroatoms. The lowest BCUT2D eigenvalue weighted by Gasteiger charge is -2.06. The number of halogens is 1. The highest BCUT2D eigenvalue weighted by Crippen LogP contribution is 2.40. The molecular weight excluding hydrogens is 348 g/mol. The number of nitrogens with one attached hydrogen (secondary N) is 1. The van der Waals surface area contributed by atoms with Crippen LogP contribution in [0, 0.1) is 6.92 Å². The van der Waals surface area contributed by atoms with Crippen molar-refractivity contribution in [3.63, 3.8) is 0 Å². The molecule has 0 spiro atoms. The lowest BCUT2D eigenvalue weighted by molar-refractivity contribution is -0.116. The molecule has 0 saturated carbocycles. The zero-order valence-electron chi connectivity index (χ0n) is 9.81. The number of rotatable bonds is 2. The van der Waals surface area contributed by atoms with Gasteiger partial charge < -0.3 is 11.1 Å². The van der Waals surface area contributed by atoms with E-state index in [1.54, 1.807) is 0 Å². The lowest BCUT2D eigenvalue weighted by Crippen LogP contribution is -2.19. The third-order valence-electron chi connectivity index (χ3n) is 2.69. The largest absolute Gasteiger partial charge is 0.324 e. The number of amides is 1. The van der Waals surface area contributed by atoms with E-state index in [2.05, 4.69) is 30.6 Å². The van der Waals surface area contributed by atoms with Crippen LogP contribution in [0.5, 0.6) is 0 Å². The Kier molecular flexibility index (Phi) is 3.34. The maximum absolute atomic E-state index is 11.5. The molecule has 1 aliphatic heterocycles. The van der Waals surface area contributed by atoms with Gasteiger partial charge in [-0.3, -0.25) is 4.79 Å². The third-order valence-corrected chi connectivity index (χ3v) is 5.50. The van der Waals surface area contributed by atoms with Gasteiger partial charge >= 0.3 is 0 Å². The van der Waals surface area contributed by atoms with Gasteiger partial charge in [0.05, 0.1) is 0 Å². The summed E-state index contributed by atoms with van der Waals surface area (Å²) in [5.41, 5.74) is 7.39. The molecule has 2 aromatic rings. The minimum atomic E-state index is -0.589. The Morgan fingerprint density at radius 3 is 3.00 bits per heavy atom. The zero-order valence-corrected chi connectivity index (χ0v) is 13.0. The first-order valence-electron chi connectivity index (χ1n) is 5.42. The van der Waals surface area contributed by atoms with Crippen LogP contribution < -0.4 is 11.1 Å². The van der Waals surface area contributed by atoms with Gasteiger partial charge in [-0.1, -0.05) is 11.8 Å². The first-order valence-corrected chi connectivity index (χ1v) is 7.81. The molecule has 0 saturated heterocycles. The Bertz CT molecular complexity index is 673. The number of benzene rings is 1. The molecule has 1 atom stereocenters. The van der Waals surface area contributed by atoms with Gasteiger partial charge in [0.15, 0.2) is 4.34 Å². The average Bonchev–Trinajstić information content (AvgIpc) is 2.87. The molecule has 98 valence electrons. The molecule has 0 aliphatic carbocycles. The summed E-state index contributed by atoms with van der Waals surface area (Å²) >= 11 is 6.37. The second kappa shape index (κ2) is 4.86. The molecule has 1 unspecified atom stereocenters. The predicted octanol–water partition coefficient (Wildman–Crippen LogP) is 2.71. The molecule has 0 bridgehead atoms. The molecule has 3 N–H and O–H groups in total. The predicted molar refractivity (Wildman–Crippen MR) is 78.5 cm³/mol. The van der Waals surface area contributed by atoms with Crippen molar-refractivity contribution in [2.45, 2.75) is 22.2 Å². The van der Waals surface area contributed by atoms with Crippen molar-refractivity contribution in [3.8, 4) is 0 Å². The average molecular weight is 357 g/mol. The van der Waals surface area contributed by atoms with E-state index in [4.69, 9.17) is 5.73 Å². The van der Waals surface area contributed by atoms with Crippen molar-refractivity contribution in [2.75, 3.05) is 5.32 Å². The van der Waals surface area contributed by atoms with E-state index in [-0.39, 0.29) is 5.91 Å². The summed E-state index contributed by atoms with van der Waals surface area (Å²) in [6, 6.07) is 3.20. The highest BCUT2D eigenvalue weighted by molar-refractivity contribution is 9.10. The highest BCUT2D eigenvalue weighted by atomic mass is 79.9. The van der Waals surface area contributed by atoms with Crippen molar-refractivity contribution in [2.24, 2.45) is 5.73 Å². The molecule has 5 nitrogen and oxygen atoms in total. The molecule has 2 heterocycles. The fraction of sp³-hybridized carbons (Fsp3) is 0.182. The van der Waals surface area contributed by atoms with Crippen molar-refractivity contribution in [1.82, 2.24) is 9.36 Å². The van der Waals surface area contributed by atoms with Crippen LogP contribution >= 0.6 is 39.2 Å². The number of carbonyl (C=O) groups excluding carboxylic acids is 1. The first-order chi connectivity index (χ1) is 9.04. The smallest absolute Gasteiger partial charge is 0.245 e. The number of fused-ring (bicyclic) bond motifs is 1. The number of hydrogen-bond donors (Lipinski definition) is 2. The number of carbonyl (C=O) groups is 1. The molecule has 0 fully saturated rings. The summed E-state index contributed by atoms with van der Waals surface area (Å²) in [4.78, 5) is 16.8. The Morgan fingerprint density at radius 1 is 1.53 bits per heavy atom. The van der Waals surface area contributed by atoms with Crippen molar-refractivity contribution in [1.29, 1.82) is 0 Å². The SMILES string of the molecule is Cc1nsc(Sc2cc3c(cc2Br)C(N)C(=O)N3)n1. The third kappa shape index (κ3) is 2.40. The van der Waals surface area contributed by atoms with Crippen LogP contribution in [0.2, 0.25) is 0 Å². The van der Waals surface area contributed by atoms with Gasteiger partial charge in [0.25, 0.3) is 0 Å². The van der Waals surface area contributed by atoms with E-state index >= 15 is 0 Å². The number of anilines is 1. The van der Waals surface area contributed by atoms with Crippen molar-refractivity contribution in [3.05, 3.63) is 28.0 Å². The van der Waals surface area contributed by atoms with Crippen LogP contribution in [0.4, 0.5) is 5.69 Å². The molecule has 1 aromatic carbocycles. The minimum absolute atomic E-state index is 0.171. The van der Waals surface area contributed by atoms with E-state index in [1.807, 2.05) is 19.1 Å². The molecule has 1 amide bonds. The van der Waals surface area contributed by atoms with E-state index in [0.29, 0.717) is 0 Å². The van der Waals surface area contributed by atoms with Gasteiger partial charge in [-0.15, -0.1) is 0 Å². The first kappa shape index (κ1) is 13.0. The van der Waals surface area contributed by atoms with E-state index in [0.717, 1.165) is 30.8 Å². The van der Waals surface area contributed by atoms with E-state index < -0.39 is 6.04 Å². The van der Waals surface area contributed by atoms with Crippen LogP contribution in [0.15, 0.2) is 25.8 Å². The van der Waals surface area contributed by atoms with Gasteiger partial charge in [0.1, 0.15) is 11.9 Å². The number of nitrogens with zero attached hydrogens (tertiary/aromatic N) is 2. The Balaban J connectivity index is 1.96. The molecule has 1 aromatic heterocycles. The summed E-state index contributed by atoms with van der Waals surface area (Å²) in [5, 5.41) is 2.78. The maximum atomic E-state index is 11.5. The quantitative estimate of drug-likeness (QED) is 0.864. The summed E-state index contributed by atoms with van der Waals surface area (Å²) in [7, 11) is 0. The van der Waals surface area contributed by atoms with Crippen LogP contribution in [-0.4, -0.2) is 15.3 Å². The summed E-state index contributed by atoms with van der Waals surface area (Å²) < 4.78 is 5.91. The molecular formula is C11H9BrN4OS2. The van der Waals surface area contributed by atoms with Crippen molar-refractivity contribution < 1.29 is 4.79 Å². The van der Waals surface area contributed by atoms with Crippen molar-refractivity contribution >= 4 is 50.8 Å². The van der Waals surface area contributed by atoms with Gasteiger partial charge in [0.2, 0.25) is 5.91 Å². The van der Waals surface area contributed by atoms with Crippen LogP contribution in [-0.2, 0) is 4.79 Å². The summed E-state index contributed by atoms with van der Waals surface area (Å²) in [5.74, 6) is 0.593. The Morgan fingerprint density at radius 2 is 2.32 bits per heavy atom. The molecule has 19 heavy (non-hydrogen) atoms. The topological polar surface area (TPSA) is 80.9 Å². The van der Waals surface area contributed by atoms with Gasteiger partial charge in [-0.2, -0.15) is 4.37 Å². The maximum Gasteiger partial charge on any atom is 0.245 e. The molecule has 1 aliphatic rings. The fourth-order valence-corrected chi connectivity index (χ4v) is 4.03. The molecule has 0 radical (unpaired) electrons. The number of aryl methyl sites for hydroxylation is 1. The number of nitrogens with two attached hydrogens (primary N) is 1. The summed E-state index contributed by atoms with van der Waals surface area (Å²) in [6.45, 7) is 1.86. The molecule has 3 rings (SSSR count). The van der Waals surface area contributed by atoms with Gasteiger partial charge in [0, 0.05) is 20.6 Å². The number of hydrogen-bond acceptors (Lipinski definition) is 6. The second-order valence-corrected chi connectivity index (χ2v) is 6.94. The van der Waals surface area contributed by atoms with Crippen LogP contribution in [0.3, 0.4) is 0 Å². The monoisotopic (exact) mass is 356 g/mol. The van der Waals surface area contributed by atoms with Gasteiger partial charge in [-0.05, 0) is 46.5 Å². The van der Waals surface area contributed by atoms with E-state index in [1.165, 1.54) is 23.3 Å². The zero-order chi connectivity index (χ0) is 13.6. The second-order valence-electron chi connectivity index (χ2n) is 4.05. The van der Waals surface area contributed by atoms with E-state index in [9.17, 15) is 4.79 Å².